The van der Waals surface area contributed by atoms with E-state index >= 15 is 0 Å². The van der Waals surface area contributed by atoms with Gasteiger partial charge < -0.3 is 4.74 Å². The molecular formula is C11H23ClO. The minimum Gasteiger partial charge on any atom is -0.385 e. The SMILES string of the molecule is COCCCCC(C(C)C)C(C)Cl. The van der Waals surface area contributed by atoms with Crippen molar-refractivity contribution in [3.8, 4) is 0 Å². The first-order chi connectivity index (χ1) is 6.09. The Balaban J connectivity index is 3.58. The number of halogens is 1. The van der Waals surface area contributed by atoms with Gasteiger partial charge in [-0.1, -0.05) is 20.3 Å². The van der Waals surface area contributed by atoms with Gasteiger partial charge in [0.05, 0.1) is 0 Å². The summed E-state index contributed by atoms with van der Waals surface area (Å²) < 4.78 is 5.01. The van der Waals surface area contributed by atoms with Crippen LogP contribution >= 0.6 is 11.6 Å². The molecule has 0 heterocycles. The van der Waals surface area contributed by atoms with Gasteiger partial charge in [-0.05, 0) is 31.6 Å². The van der Waals surface area contributed by atoms with Crippen molar-refractivity contribution in [2.24, 2.45) is 11.8 Å². The molecule has 2 heteroatoms. The van der Waals surface area contributed by atoms with Gasteiger partial charge in [0.2, 0.25) is 0 Å². The molecule has 2 unspecified atom stereocenters. The minimum atomic E-state index is 0.294. The quantitative estimate of drug-likeness (QED) is 0.456. The molecule has 0 radical (unpaired) electrons. The Morgan fingerprint density at radius 1 is 1.15 bits per heavy atom. The van der Waals surface area contributed by atoms with Crippen LogP contribution in [-0.4, -0.2) is 19.1 Å². The summed E-state index contributed by atoms with van der Waals surface area (Å²) in [5.41, 5.74) is 0. The van der Waals surface area contributed by atoms with Crippen molar-refractivity contribution in [2.45, 2.75) is 45.4 Å². The molecule has 0 N–H and O–H groups in total. The maximum atomic E-state index is 6.12. The van der Waals surface area contributed by atoms with Crippen molar-refractivity contribution < 1.29 is 4.74 Å². The van der Waals surface area contributed by atoms with E-state index in [4.69, 9.17) is 16.3 Å². The molecule has 0 saturated heterocycles. The molecule has 1 nitrogen and oxygen atoms in total. The Hall–Kier alpha value is 0.250. The van der Waals surface area contributed by atoms with Crippen molar-refractivity contribution >= 4 is 11.6 Å². The van der Waals surface area contributed by atoms with Crippen molar-refractivity contribution in [1.29, 1.82) is 0 Å². The van der Waals surface area contributed by atoms with Gasteiger partial charge in [0.25, 0.3) is 0 Å². The van der Waals surface area contributed by atoms with E-state index in [2.05, 4.69) is 20.8 Å². The summed E-state index contributed by atoms with van der Waals surface area (Å²) in [6.45, 7) is 7.48. The largest absolute Gasteiger partial charge is 0.385 e. The molecule has 0 aromatic heterocycles. The van der Waals surface area contributed by atoms with Crippen LogP contribution in [0.2, 0.25) is 0 Å². The van der Waals surface area contributed by atoms with E-state index in [1.54, 1.807) is 7.11 Å². The lowest BCUT2D eigenvalue weighted by atomic mass is 9.88. The predicted octanol–water partition coefficient (Wildman–Crippen LogP) is 3.70. The molecule has 0 saturated carbocycles. The Bertz CT molecular complexity index is 105. The van der Waals surface area contributed by atoms with Crippen molar-refractivity contribution in [2.75, 3.05) is 13.7 Å². The fourth-order valence-electron chi connectivity index (χ4n) is 1.72. The van der Waals surface area contributed by atoms with Crippen LogP contribution in [0.25, 0.3) is 0 Å². The highest BCUT2D eigenvalue weighted by Crippen LogP contribution is 2.25. The molecule has 0 spiro atoms. The topological polar surface area (TPSA) is 9.23 Å². The lowest BCUT2D eigenvalue weighted by molar-refractivity contribution is 0.188. The molecule has 0 fully saturated rings. The number of methoxy groups -OCH3 is 1. The van der Waals surface area contributed by atoms with Crippen LogP contribution in [0.15, 0.2) is 0 Å². The molecule has 2 atom stereocenters. The van der Waals surface area contributed by atoms with Gasteiger partial charge in [-0.2, -0.15) is 0 Å². The van der Waals surface area contributed by atoms with E-state index in [1.807, 2.05) is 0 Å². The Morgan fingerprint density at radius 2 is 1.77 bits per heavy atom. The number of hydrogen-bond donors (Lipinski definition) is 0. The Kier molecular flexibility index (Phi) is 7.78. The second-order valence-electron chi connectivity index (χ2n) is 4.07. The average molecular weight is 207 g/mol. The molecule has 0 amide bonds. The summed E-state index contributed by atoms with van der Waals surface area (Å²) in [5.74, 6) is 1.34. The molecule has 0 bridgehead atoms. The van der Waals surface area contributed by atoms with E-state index in [9.17, 15) is 0 Å². The minimum absolute atomic E-state index is 0.294. The third kappa shape index (κ3) is 6.34. The van der Waals surface area contributed by atoms with Crippen LogP contribution in [0.5, 0.6) is 0 Å². The fraction of sp³-hybridized carbons (Fsp3) is 1.00. The first kappa shape index (κ1) is 13.2. The van der Waals surface area contributed by atoms with Crippen LogP contribution in [0.4, 0.5) is 0 Å². The number of hydrogen-bond acceptors (Lipinski definition) is 1. The monoisotopic (exact) mass is 206 g/mol. The summed E-state index contributed by atoms with van der Waals surface area (Å²) in [4.78, 5) is 0. The van der Waals surface area contributed by atoms with Crippen LogP contribution in [0.1, 0.15) is 40.0 Å². The van der Waals surface area contributed by atoms with E-state index in [1.165, 1.54) is 12.8 Å². The van der Waals surface area contributed by atoms with E-state index in [0.717, 1.165) is 13.0 Å². The highest BCUT2D eigenvalue weighted by Gasteiger charge is 2.17. The van der Waals surface area contributed by atoms with Crippen molar-refractivity contribution in [3.63, 3.8) is 0 Å². The summed E-state index contributed by atoms with van der Waals surface area (Å²) in [5, 5.41) is 0.294. The first-order valence-electron chi connectivity index (χ1n) is 5.22. The molecular weight excluding hydrogens is 184 g/mol. The smallest absolute Gasteiger partial charge is 0.0462 e. The summed E-state index contributed by atoms with van der Waals surface area (Å²) in [7, 11) is 1.75. The predicted molar refractivity (Wildman–Crippen MR) is 59.4 cm³/mol. The maximum Gasteiger partial charge on any atom is 0.0462 e. The lowest BCUT2D eigenvalue weighted by Crippen LogP contribution is -2.18. The maximum absolute atomic E-state index is 6.12. The third-order valence-electron chi connectivity index (χ3n) is 2.58. The van der Waals surface area contributed by atoms with Gasteiger partial charge in [-0.25, -0.2) is 0 Å². The summed E-state index contributed by atoms with van der Waals surface area (Å²) in [6, 6.07) is 0. The number of alkyl halides is 1. The zero-order valence-electron chi connectivity index (χ0n) is 9.35. The highest BCUT2D eigenvalue weighted by molar-refractivity contribution is 6.20. The van der Waals surface area contributed by atoms with E-state index in [-0.39, 0.29) is 0 Å². The number of rotatable bonds is 7. The second kappa shape index (κ2) is 7.64. The Morgan fingerprint density at radius 3 is 2.15 bits per heavy atom. The van der Waals surface area contributed by atoms with Gasteiger partial charge >= 0.3 is 0 Å². The molecule has 0 aromatic carbocycles. The molecule has 13 heavy (non-hydrogen) atoms. The summed E-state index contributed by atoms with van der Waals surface area (Å²) in [6.07, 6.45) is 3.61. The Labute approximate surface area is 87.8 Å². The standard InChI is InChI=1S/C11H23ClO/c1-9(2)11(10(3)12)7-5-6-8-13-4/h9-11H,5-8H2,1-4H3. The second-order valence-corrected chi connectivity index (χ2v) is 4.76. The zero-order valence-corrected chi connectivity index (χ0v) is 10.1. The molecule has 0 aliphatic rings. The fourth-order valence-corrected chi connectivity index (χ4v) is 2.14. The van der Waals surface area contributed by atoms with E-state index in [0.29, 0.717) is 17.2 Å². The normalized spacial score (nSPS) is 16.2. The molecule has 0 aliphatic heterocycles. The molecule has 0 aliphatic carbocycles. The van der Waals surface area contributed by atoms with Crippen LogP contribution in [0.3, 0.4) is 0 Å². The van der Waals surface area contributed by atoms with Crippen LogP contribution in [0, 0.1) is 11.8 Å². The van der Waals surface area contributed by atoms with E-state index < -0.39 is 0 Å². The molecule has 0 rings (SSSR count). The first-order valence-corrected chi connectivity index (χ1v) is 5.66. The number of unbranched alkanes of at least 4 members (excludes halogenated alkanes) is 1. The molecule has 80 valence electrons. The van der Waals surface area contributed by atoms with Crippen LogP contribution < -0.4 is 0 Å². The van der Waals surface area contributed by atoms with Gasteiger partial charge in [-0.15, -0.1) is 11.6 Å². The third-order valence-corrected chi connectivity index (χ3v) is 2.91. The summed E-state index contributed by atoms with van der Waals surface area (Å²) >= 11 is 6.12. The van der Waals surface area contributed by atoms with Gasteiger partial charge in [-0.3, -0.25) is 0 Å². The highest BCUT2D eigenvalue weighted by atomic mass is 35.5. The molecule has 0 aromatic rings. The average Bonchev–Trinajstić information content (AvgIpc) is 2.02. The van der Waals surface area contributed by atoms with Gasteiger partial charge in [0.1, 0.15) is 0 Å². The lowest BCUT2D eigenvalue weighted by Gasteiger charge is -2.23. The zero-order chi connectivity index (χ0) is 10.3. The van der Waals surface area contributed by atoms with Gasteiger partial charge in [0.15, 0.2) is 0 Å². The van der Waals surface area contributed by atoms with Gasteiger partial charge in [0, 0.05) is 19.1 Å². The van der Waals surface area contributed by atoms with Crippen molar-refractivity contribution in [3.05, 3.63) is 0 Å². The van der Waals surface area contributed by atoms with Crippen molar-refractivity contribution in [1.82, 2.24) is 0 Å². The number of ether oxygens (including phenoxy) is 1. The van der Waals surface area contributed by atoms with Crippen LogP contribution in [-0.2, 0) is 4.74 Å².